The molecule has 0 bridgehead atoms. The second-order valence-corrected chi connectivity index (χ2v) is 4.59. The Labute approximate surface area is 103 Å². The van der Waals surface area contributed by atoms with E-state index >= 15 is 0 Å². The van der Waals surface area contributed by atoms with E-state index in [0.717, 1.165) is 5.56 Å². The van der Waals surface area contributed by atoms with Crippen LogP contribution in [0.3, 0.4) is 0 Å². The Hall–Kier alpha value is -1.19. The minimum absolute atomic E-state index is 0.174. The predicted octanol–water partition coefficient (Wildman–Crippen LogP) is 2.16. The molecule has 0 radical (unpaired) electrons. The van der Waals surface area contributed by atoms with Crippen LogP contribution in [0.15, 0.2) is 30.3 Å². The number of hydrogen-bond acceptors (Lipinski definition) is 3. The monoisotopic (exact) mass is 235 g/mol. The van der Waals surface area contributed by atoms with E-state index < -0.39 is 5.54 Å². The summed E-state index contributed by atoms with van der Waals surface area (Å²) in [6.45, 7) is 4.80. The standard InChI is InChI=1S/C14H21NO2/c1-14(2,15-3)13(16)9-10-17-11-12-7-5-4-6-8-12/h4-8,15H,9-11H2,1-3H3. The average molecular weight is 235 g/mol. The highest BCUT2D eigenvalue weighted by atomic mass is 16.5. The van der Waals surface area contributed by atoms with E-state index in [1.807, 2.05) is 44.2 Å². The number of carbonyl (C=O) groups excluding carboxylic acids is 1. The molecule has 0 aliphatic carbocycles. The van der Waals surface area contributed by atoms with Gasteiger partial charge in [0.25, 0.3) is 0 Å². The molecular formula is C14H21NO2. The first kappa shape index (κ1) is 13.9. The molecule has 0 aliphatic heterocycles. The first-order valence-corrected chi connectivity index (χ1v) is 5.90. The Balaban J connectivity index is 2.23. The van der Waals surface area contributed by atoms with Gasteiger partial charge in [-0.2, -0.15) is 0 Å². The Morgan fingerprint density at radius 1 is 1.29 bits per heavy atom. The minimum atomic E-state index is -0.462. The maximum Gasteiger partial charge on any atom is 0.154 e. The smallest absolute Gasteiger partial charge is 0.154 e. The maximum atomic E-state index is 11.8. The average Bonchev–Trinajstić information content (AvgIpc) is 2.35. The summed E-state index contributed by atoms with van der Waals surface area (Å²) in [6.07, 6.45) is 0.445. The normalized spacial score (nSPS) is 11.5. The SMILES string of the molecule is CNC(C)(C)C(=O)CCOCc1ccccc1. The molecule has 94 valence electrons. The van der Waals surface area contributed by atoms with Crippen molar-refractivity contribution in [3.05, 3.63) is 35.9 Å². The van der Waals surface area contributed by atoms with E-state index in [1.165, 1.54) is 0 Å². The van der Waals surface area contributed by atoms with Gasteiger partial charge in [-0.25, -0.2) is 0 Å². The fraction of sp³-hybridized carbons (Fsp3) is 0.500. The Morgan fingerprint density at radius 2 is 1.94 bits per heavy atom. The minimum Gasteiger partial charge on any atom is -0.376 e. The zero-order chi connectivity index (χ0) is 12.7. The summed E-state index contributed by atoms with van der Waals surface area (Å²) >= 11 is 0. The zero-order valence-electron chi connectivity index (χ0n) is 10.8. The molecule has 0 saturated heterocycles. The van der Waals surface area contributed by atoms with E-state index in [9.17, 15) is 4.79 Å². The molecule has 0 unspecified atom stereocenters. The molecule has 3 heteroatoms. The Kier molecular flexibility index (Phi) is 5.32. The molecule has 0 amide bonds. The summed E-state index contributed by atoms with van der Waals surface area (Å²) < 4.78 is 5.48. The fourth-order valence-electron chi connectivity index (χ4n) is 1.38. The third kappa shape index (κ3) is 4.67. The van der Waals surface area contributed by atoms with E-state index in [1.54, 1.807) is 7.05 Å². The quantitative estimate of drug-likeness (QED) is 0.736. The summed E-state index contributed by atoms with van der Waals surface area (Å²) in [5.41, 5.74) is 0.670. The molecule has 1 N–H and O–H groups in total. The van der Waals surface area contributed by atoms with Gasteiger partial charge in [0.05, 0.1) is 18.8 Å². The Morgan fingerprint density at radius 3 is 2.53 bits per heavy atom. The number of ketones is 1. The summed E-state index contributed by atoms with van der Waals surface area (Å²) in [7, 11) is 1.79. The zero-order valence-corrected chi connectivity index (χ0v) is 10.8. The number of likely N-dealkylation sites (N-methyl/N-ethyl adjacent to an activating group) is 1. The maximum absolute atomic E-state index is 11.8. The molecule has 0 aromatic heterocycles. The van der Waals surface area contributed by atoms with Crippen LogP contribution in [0.2, 0.25) is 0 Å². The molecule has 1 rings (SSSR count). The number of rotatable bonds is 7. The second-order valence-electron chi connectivity index (χ2n) is 4.59. The number of Topliss-reactive ketones (excluding diaryl/α,β-unsaturated/α-hetero) is 1. The van der Waals surface area contributed by atoms with Crippen molar-refractivity contribution in [2.24, 2.45) is 0 Å². The van der Waals surface area contributed by atoms with Gasteiger partial charge < -0.3 is 10.1 Å². The first-order valence-electron chi connectivity index (χ1n) is 5.90. The molecule has 3 nitrogen and oxygen atoms in total. The van der Waals surface area contributed by atoms with Crippen LogP contribution in [0.4, 0.5) is 0 Å². The summed E-state index contributed by atoms with van der Waals surface area (Å²) in [5.74, 6) is 0.174. The number of hydrogen-bond donors (Lipinski definition) is 1. The molecule has 1 aromatic carbocycles. The number of ether oxygens (including phenoxy) is 1. The topological polar surface area (TPSA) is 38.3 Å². The number of carbonyl (C=O) groups is 1. The van der Waals surface area contributed by atoms with E-state index in [4.69, 9.17) is 4.74 Å². The van der Waals surface area contributed by atoms with Gasteiger partial charge in [-0.15, -0.1) is 0 Å². The molecule has 0 saturated carbocycles. The van der Waals surface area contributed by atoms with Crippen molar-refractivity contribution in [3.8, 4) is 0 Å². The van der Waals surface area contributed by atoms with Gasteiger partial charge in [0.2, 0.25) is 0 Å². The third-order valence-corrected chi connectivity index (χ3v) is 2.91. The highest BCUT2D eigenvalue weighted by Crippen LogP contribution is 2.07. The largest absolute Gasteiger partial charge is 0.376 e. The van der Waals surface area contributed by atoms with Crippen molar-refractivity contribution < 1.29 is 9.53 Å². The first-order chi connectivity index (χ1) is 8.06. The summed E-state index contributed by atoms with van der Waals surface area (Å²) in [4.78, 5) is 11.8. The molecule has 17 heavy (non-hydrogen) atoms. The lowest BCUT2D eigenvalue weighted by Gasteiger charge is -2.22. The van der Waals surface area contributed by atoms with Crippen LogP contribution in [-0.4, -0.2) is 25.0 Å². The van der Waals surface area contributed by atoms with Crippen molar-refractivity contribution in [3.63, 3.8) is 0 Å². The van der Waals surface area contributed by atoms with Crippen LogP contribution in [0, 0.1) is 0 Å². The van der Waals surface area contributed by atoms with Gasteiger partial charge in [-0.1, -0.05) is 30.3 Å². The lowest BCUT2D eigenvalue weighted by molar-refractivity contribution is -0.125. The molecule has 1 aromatic rings. The predicted molar refractivity (Wildman–Crippen MR) is 68.9 cm³/mol. The highest BCUT2D eigenvalue weighted by molar-refractivity contribution is 5.87. The van der Waals surface area contributed by atoms with Crippen LogP contribution in [-0.2, 0) is 16.1 Å². The van der Waals surface area contributed by atoms with Gasteiger partial charge in [0, 0.05) is 6.42 Å². The van der Waals surface area contributed by atoms with Crippen molar-refractivity contribution in [1.82, 2.24) is 5.32 Å². The second kappa shape index (κ2) is 6.52. The van der Waals surface area contributed by atoms with Crippen LogP contribution >= 0.6 is 0 Å². The van der Waals surface area contributed by atoms with Crippen molar-refractivity contribution in [2.45, 2.75) is 32.4 Å². The molecule has 0 atom stereocenters. The van der Waals surface area contributed by atoms with Crippen LogP contribution < -0.4 is 5.32 Å². The van der Waals surface area contributed by atoms with Crippen molar-refractivity contribution in [2.75, 3.05) is 13.7 Å². The number of nitrogens with one attached hydrogen (secondary N) is 1. The van der Waals surface area contributed by atoms with E-state index in [2.05, 4.69) is 5.32 Å². The molecule has 0 spiro atoms. The van der Waals surface area contributed by atoms with Crippen LogP contribution in [0.5, 0.6) is 0 Å². The Bertz CT molecular complexity index is 346. The third-order valence-electron chi connectivity index (χ3n) is 2.91. The highest BCUT2D eigenvalue weighted by Gasteiger charge is 2.24. The van der Waals surface area contributed by atoms with Gasteiger partial charge in [0.1, 0.15) is 0 Å². The van der Waals surface area contributed by atoms with Gasteiger partial charge in [-0.3, -0.25) is 4.79 Å². The van der Waals surface area contributed by atoms with Gasteiger partial charge >= 0.3 is 0 Å². The van der Waals surface area contributed by atoms with Crippen LogP contribution in [0.25, 0.3) is 0 Å². The fourth-order valence-corrected chi connectivity index (χ4v) is 1.38. The lowest BCUT2D eigenvalue weighted by Crippen LogP contribution is -2.44. The molecule has 0 heterocycles. The van der Waals surface area contributed by atoms with Gasteiger partial charge in [0.15, 0.2) is 5.78 Å². The molecule has 0 aliphatic rings. The molecular weight excluding hydrogens is 214 g/mol. The van der Waals surface area contributed by atoms with Gasteiger partial charge in [-0.05, 0) is 26.5 Å². The van der Waals surface area contributed by atoms with Crippen LogP contribution in [0.1, 0.15) is 25.8 Å². The molecule has 0 fully saturated rings. The van der Waals surface area contributed by atoms with E-state index in [-0.39, 0.29) is 5.78 Å². The summed E-state index contributed by atoms with van der Waals surface area (Å²) in [6, 6.07) is 9.96. The number of benzene rings is 1. The van der Waals surface area contributed by atoms with Crippen molar-refractivity contribution >= 4 is 5.78 Å². The van der Waals surface area contributed by atoms with E-state index in [0.29, 0.717) is 19.6 Å². The van der Waals surface area contributed by atoms with Crippen molar-refractivity contribution in [1.29, 1.82) is 0 Å². The summed E-state index contributed by atoms with van der Waals surface area (Å²) in [5, 5.41) is 2.99. The lowest BCUT2D eigenvalue weighted by atomic mass is 9.97.